The van der Waals surface area contributed by atoms with E-state index in [1.807, 2.05) is 30.3 Å². The number of furan rings is 1. The van der Waals surface area contributed by atoms with Crippen LogP contribution in [0.4, 0.5) is 4.39 Å². The first-order valence-corrected chi connectivity index (χ1v) is 7.83. The Morgan fingerprint density at radius 2 is 1.88 bits per heavy atom. The molecule has 24 heavy (non-hydrogen) atoms. The van der Waals surface area contributed by atoms with Crippen LogP contribution in [0.1, 0.15) is 22.9 Å². The van der Waals surface area contributed by atoms with Crippen LogP contribution in [-0.2, 0) is 11.2 Å². The van der Waals surface area contributed by atoms with Crippen LogP contribution in [0.3, 0.4) is 0 Å². The van der Waals surface area contributed by atoms with Crippen molar-refractivity contribution < 1.29 is 13.6 Å². The van der Waals surface area contributed by atoms with Crippen molar-refractivity contribution in [1.29, 1.82) is 0 Å². The fraction of sp³-hybridized carbons (Fsp3) is 0.105. The molecule has 0 aliphatic rings. The molecule has 0 aliphatic heterocycles. The lowest BCUT2D eigenvalue weighted by molar-refractivity contribution is -0.121. The highest BCUT2D eigenvalue weighted by atomic mass is 35.5. The summed E-state index contributed by atoms with van der Waals surface area (Å²) in [7, 11) is 0. The number of carbonyl (C=O) groups is 1. The summed E-state index contributed by atoms with van der Waals surface area (Å²) in [6, 6.07) is 16.9. The van der Waals surface area contributed by atoms with Gasteiger partial charge >= 0.3 is 0 Å². The molecule has 0 fully saturated rings. The van der Waals surface area contributed by atoms with Crippen molar-refractivity contribution in [2.24, 2.45) is 0 Å². The summed E-state index contributed by atoms with van der Waals surface area (Å²) in [6.07, 6.45) is 1.40. The van der Waals surface area contributed by atoms with Crippen LogP contribution in [-0.4, -0.2) is 5.91 Å². The molecule has 1 atom stereocenters. The van der Waals surface area contributed by atoms with Gasteiger partial charge in [0.1, 0.15) is 17.6 Å². The van der Waals surface area contributed by atoms with Gasteiger partial charge in [-0.1, -0.05) is 48.0 Å². The number of nitrogens with one attached hydrogen (secondary N) is 1. The zero-order valence-corrected chi connectivity index (χ0v) is 13.5. The van der Waals surface area contributed by atoms with Crippen LogP contribution in [0.25, 0.3) is 0 Å². The monoisotopic (exact) mass is 343 g/mol. The predicted octanol–water partition coefficient (Wildman–Crippen LogP) is 4.52. The summed E-state index contributed by atoms with van der Waals surface area (Å²) in [5, 5.41) is 3.12. The van der Waals surface area contributed by atoms with Gasteiger partial charge in [0.05, 0.1) is 12.7 Å². The molecule has 1 heterocycles. The molecule has 3 nitrogen and oxygen atoms in total. The highest BCUT2D eigenvalue weighted by molar-refractivity contribution is 6.31. The Hall–Kier alpha value is -2.59. The first kappa shape index (κ1) is 16.3. The van der Waals surface area contributed by atoms with Gasteiger partial charge in [0.2, 0.25) is 5.91 Å². The van der Waals surface area contributed by atoms with Crippen molar-refractivity contribution in [1.82, 2.24) is 5.32 Å². The third-order valence-electron chi connectivity index (χ3n) is 3.66. The Kier molecular flexibility index (Phi) is 4.96. The van der Waals surface area contributed by atoms with Gasteiger partial charge in [0.15, 0.2) is 0 Å². The number of benzene rings is 2. The zero-order valence-electron chi connectivity index (χ0n) is 12.7. The van der Waals surface area contributed by atoms with Crippen molar-refractivity contribution in [3.05, 3.63) is 94.7 Å². The van der Waals surface area contributed by atoms with E-state index in [-0.39, 0.29) is 22.9 Å². The molecule has 1 N–H and O–H groups in total. The van der Waals surface area contributed by atoms with Crippen LogP contribution in [0.15, 0.2) is 71.3 Å². The lowest BCUT2D eigenvalue weighted by Crippen LogP contribution is -2.30. The molecule has 5 heteroatoms. The number of carbonyl (C=O) groups excluding carboxylic acids is 1. The van der Waals surface area contributed by atoms with E-state index >= 15 is 0 Å². The van der Waals surface area contributed by atoms with Crippen molar-refractivity contribution in [3.8, 4) is 0 Å². The largest absolute Gasteiger partial charge is 0.467 e. The average Bonchev–Trinajstić information content (AvgIpc) is 3.11. The third kappa shape index (κ3) is 3.66. The lowest BCUT2D eigenvalue weighted by Gasteiger charge is -2.17. The standard InChI is InChI=1S/C19H15ClFNO2/c20-15-8-4-9-16(21)14(15)12-18(23)22-19(17-10-5-11-24-17)13-6-2-1-3-7-13/h1-11,19H,12H2,(H,22,23). The first-order chi connectivity index (χ1) is 11.6. The summed E-state index contributed by atoms with van der Waals surface area (Å²) >= 11 is 5.99. The molecule has 0 aliphatic carbocycles. The average molecular weight is 344 g/mol. The summed E-state index contributed by atoms with van der Waals surface area (Å²) in [5.74, 6) is -0.228. The molecule has 0 saturated carbocycles. The fourth-order valence-electron chi connectivity index (χ4n) is 2.49. The van der Waals surface area contributed by atoms with Gasteiger partial charge in [0.25, 0.3) is 0 Å². The molecule has 1 unspecified atom stereocenters. The maximum absolute atomic E-state index is 13.9. The van der Waals surface area contributed by atoms with Gasteiger partial charge in [-0.3, -0.25) is 4.79 Å². The van der Waals surface area contributed by atoms with Crippen LogP contribution in [0.2, 0.25) is 5.02 Å². The van der Waals surface area contributed by atoms with Crippen molar-refractivity contribution in [2.45, 2.75) is 12.5 Å². The summed E-state index contributed by atoms with van der Waals surface area (Å²) < 4.78 is 19.3. The molecule has 1 amide bonds. The van der Waals surface area contributed by atoms with Gasteiger partial charge < -0.3 is 9.73 Å². The van der Waals surface area contributed by atoms with Crippen LogP contribution < -0.4 is 5.32 Å². The number of hydrogen-bond acceptors (Lipinski definition) is 2. The number of amides is 1. The van der Waals surface area contributed by atoms with Gasteiger partial charge in [-0.05, 0) is 29.8 Å². The van der Waals surface area contributed by atoms with E-state index in [2.05, 4.69) is 5.32 Å². The van der Waals surface area contributed by atoms with E-state index in [4.69, 9.17) is 16.0 Å². The summed E-state index contributed by atoms with van der Waals surface area (Å²) in [5.41, 5.74) is 1.06. The van der Waals surface area contributed by atoms with E-state index < -0.39 is 11.9 Å². The van der Waals surface area contributed by atoms with Crippen LogP contribution >= 0.6 is 11.6 Å². The molecule has 0 saturated heterocycles. The van der Waals surface area contributed by atoms with Crippen LogP contribution in [0, 0.1) is 5.82 Å². The van der Waals surface area contributed by atoms with E-state index in [1.54, 1.807) is 24.5 Å². The Morgan fingerprint density at radius 3 is 2.54 bits per heavy atom. The highest BCUT2D eigenvalue weighted by Gasteiger charge is 2.20. The van der Waals surface area contributed by atoms with E-state index in [0.29, 0.717) is 5.76 Å². The van der Waals surface area contributed by atoms with Crippen molar-refractivity contribution in [2.75, 3.05) is 0 Å². The topological polar surface area (TPSA) is 42.2 Å². The second-order valence-corrected chi connectivity index (χ2v) is 5.71. The fourth-order valence-corrected chi connectivity index (χ4v) is 2.72. The second-order valence-electron chi connectivity index (χ2n) is 5.30. The molecular weight excluding hydrogens is 329 g/mol. The Labute approximate surface area is 144 Å². The van der Waals surface area contributed by atoms with E-state index in [9.17, 15) is 9.18 Å². The highest BCUT2D eigenvalue weighted by Crippen LogP contribution is 2.24. The van der Waals surface area contributed by atoms with E-state index in [0.717, 1.165) is 5.56 Å². The predicted molar refractivity (Wildman–Crippen MR) is 90.2 cm³/mol. The number of rotatable bonds is 5. The summed E-state index contributed by atoms with van der Waals surface area (Å²) in [6.45, 7) is 0. The smallest absolute Gasteiger partial charge is 0.225 e. The maximum Gasteiger partial charge on any atom is 0.225 e. The van der Waals surface area contributed by atoms with E-state index in [1.165, 1.54) is 12.1 Å². The Morgan fingerprint density at radius 1 is 1.08 bits per heavy atom. The zero-order chi connectivity index (χ0) is 16.9. The third-order valence-corrected chi connectivity index (χ3v) is 4.02. The second kappa shape index (κ2) is 7.32. The van der Waals surface area contributed by atoms with Gasteiger partial charge in [-0.25, -0.2) is 4.39 Å². The molecule has 0 spiro atoms. The maximum atomic E-state index is 13.9. The number of hydrogen-bond donors (Lipinski definition) is 1. The SMILES string of the molecule is O=C(Cc1c(F)cccc1Cl)NC(c1ccccc1)c1ccco1. The molecule has 0 bridgehead atoms. The number of halogens is 2. The minimum absolute atomic E-state index is 0.143. The molecule has 2 aromatic carbocycles. The normalized spacial score (nSPS) is 11.9. The molecule has 1 aromatic heterocycles. The van der Waals surface area contributed by atoms with Gasteiger partial charge in [-0.15, -0.1) is 0 Å². The molecule has 3 rings (SSSR count). The van der Waals surface area contributed by atoms with Gasteiger partial charge in [-0.2, -0.15) is 0 Å². The molecule has 122 valence electrons. The van der Waals surface area contributed by atoms with Crippen LogP contribution in [0.5, 0.6) is 0 Å². The Balaban J connectivity index is 1.82. The quantitative estimate of drug-likeness (QED) is 0.740. The van der Waals surface area contributed by atoms with Crippen molar-refractivity contribution >= 4 is 17.5 Å². The van der Waals surface area contributed by atoms with Crippen molar-refractivity contribution in [3.63, 3.8) is 0 Å². The Bertz CT molecular complexity index is 798. The lowest BCUT2D eigenvalue weighted by atomic mass is 10.0. The molecule has 3 aromatic rings. The minimum atomic E-state index is -0.494. The first-order valence-electron chi connectivity index (χ1n) is 7.46. The molecular formula is C19H15ClFNO2. The summed E-state index contributed by atoms with van der Waals surface area (Å²) in [4.78, 5) is 12.4. The van der Waals surface area contributed by atoms with Gasteiger partial charge in [0, 0.05) is 10.6 Å². The minimum Gasteiger partial charge on any atom is -0.467 e. The molecule has 0 radical (unpaired) electrons.